The van der Waals surface area contributed by atoms with Crippen LogP contribution in [0.4, 0.5) is 0 Å². The van der Waals surface area contributed by atoms with Crippen molar-refractivity contribution in [1.82, 2.24) is 9.78 Å². The van der Waals surface area contributed by atoms with Crippen molar-refractivity contribution in [2.75, 3.05) is 0 Å². The second-order valence-electron chi connectivity index (χ2n) is 4.40. The highest BCUT2D eigenvalue weighted by Gasteiger charge is 2.20. The fraction of sp³-hybridized carbons (Fsp3) is 0.727. The van der Waals surface area contributed by atoms with Crippen molar-refractivity contribution in [3.05, 3.63) is 18.0 Å². The molecule has 1 heterocycles. The Kier molecular flexibility index (Phi) is 2.38. The third kappa shape index (κ3) is 1.93. The largest absolute Gasteiger partial charge is 0.276 e. The van der Waals surface area contributed by atoms with E-state index in [1.165, 1.54) is 31.2 Å². The van der Waals surface area contributed by atoms with Gasteiger partial charge < -0.3 is 0 Å². The summed E-state index contributed by atoms with van der Waals surface area (Å²) in [6, 6.07) is 0. The first-order valence-corrected chi connectivity index (χ1v) is 5.24. The lowest BCUT2D eigenvalue weighted by atomic mass is 9.80. The van der Waals surface area contributed by atoms with E-state index < -0.39 is 0 Å². The minimum Gasteiger partial charge on any atom is -0.276 e. The van der Waals surface area contributed by atoms with Gasteiger partial charge in [0.05, 0.1) is 6.20 Å². The Bertz CT molecular complexity index is 269. The third-order valence-electron chi connectivity index (χ3n) is 3.21. The average Bonchev–Trinajstić information content (AvgIpc) is 2.53. The highest BCUT2D eigenvalue weighted by Crippen LogP contribution is 2.34. The van der Waals surface area contributed by atoms with Gasteiger partial charge in [-0.25, -0.2) is 0 Å². The topological polar surface area (TPSA) is 17.8 Å². The van der Waals surface area contributed by atoms with Gasteiger partial charge in [-0.2, -0.15) is 5.10 Å². The van der Waals surface area contributed by atoms with Crippen LogP contribution in [-0.4, -0.2) is 9.78 Å². The Morgan fingerprint density at radius 3 is 2.54 bits per heavy atom. The summed E-state index contributed by atoms with van der Waals surface area (Å²) in [4.78, 5) is 0. The Hall–Kier alpha value is -0.790. The van der Waals surface area contributed by atoms with E-state index >= 15 is 0 Å². The summed E-state index contributed by atoms with van der Waals surface area (Å²) in [5, 5.41) is 4.23. The molecule has 2 heteroatoms. The van der Waals surface area contributed by atoms with E-state index in [2.05, 4.69) is 18.2 Å². The van der Waals surface area contributed by atoms with Crippen LogP contribution >= 0.6 is 0 Å². The van der Waals surface area contributed by atoms with Gasteiger partial charge in [0.1, 0.15) is 0 Å². The number of hydrogen-bond acceptors (Lipinski definition) is 1. The van der Waals surface area contributed by atoms with Crippen LogP contribution in [0.3, 0.4) is 0 Å². The lowest BCUT2D eigenvalue weighted by Crippen LogP contribution is -2.10. The van der Waals surface area contributed by atoms with Crippen molar-refractivity contribution in [2.45, 2.75) is 38.5 Å². The second-order valence-corrected chi connectivity index (χ2v) is 4.40. The maximum atomic E-state index is 4.23. The van der Waals surface area contributed by atoms with Gasteiger partial charge in [-0.3, -0.25) is 4.68 Å². The maximum absolute atomic E-state index is 4.23. The summed E-state index contributed by atoms with van der Waals surface area (Å²) in [6.07, 6.45) is 9.68. The number of aryl methyl sites for hydroxylation is 1. The SMILES string of the molecule is CC1CCC(c2cnn(C)c2)CC1. The monoisotopic (exact) mass is 178 g/mol. The molecule has 1 aliphatic carbocycles. The summed E-state index contributed by atoms with van der Waals surface area (Å²) >= 11 is 0. The van der Waals surface area contributed by atoms with E-state index in [4.69, 9.17) is 0 Å². The quantitative estimate of drug-likeness (QED) is 0.646. The molecule has 0 unspecified atom stereocenters. The average molecular weight is 178 g/mol. The molecule has 0 saturated heterocycles. The lowest BCUT2D eigenvalue weighted by molar-refractivity contribution is 0.348. The first-order chi connectivity index (χ1) is 6.25. The lowest BCUT2D eigenvalue weighted by Gasteiger charge is -2.25. The van der Waals surface area contributed by atoms with Crippen molar-refractivity contribution in [3.63, 3.8) is 0 Å². The molecule has 0 radical (unpaired) electrons. The van der Waals surface area contributed by atoms with E-state index in [-0.39, 0.29) is 0 Å². The van der Waals surface area contributed by atoms with Gasteiger partial charge in [-0.1, -0.05) is 19.8 Å². The Labute approximate surface area is 80.0 Å². The van der Waals surface area contributed by atoms with Crippen LogP contribution in [0.2, 0.25) is 0 Å². The van der Waals surface area contributed by atoms with Crippen molar-refractivity contribution in [2.24, 2.45) is 13.0 Å². The summed E-state index contributed by atoms with van der Waals surface area (Å²) < 4.78 is 1.91. The standard InChI is InChI=1S/C11H18N2/c1-9-3-5-10(6-4-9)11-7-12-13(2)8-11/h7-10H,3-6H2,1-2H3. The molecule has 1 aliphatic rings. The van der Waals surface area contributed by atoms with Crippen molar-refractivity contribution < 1.29 is 0 Å². The fourth-order valence-electron chi connectivity index (χ4n) is 2.24. The molecule has 1 aromatic heterocycles. The van der Waals surface area contributed by atoms with Crippen molar-refractivity contribution >= 4 is 0 Å². The molecule has 0 aromatic carbocycles. The van der Waals surface area contributed by atoms with Crippen LogP contribution in [0.1, 0.15) is 44.1 Å². The smallest absolute Gasteiger partial charge is 0.0524 e. The predicted octanol–water partition coefficient (Wildman–Crippen LogP) is 2.71. The zero-order chi connectivity index (χ0) is 9.26. The molecule has 1 saturated carbocycles. The molecule has 0 bridgehead atoms. The van der Waals surface area contributed by atoms with Gasteiger partial charge >= 0.3 is 0 Å². The van der Waals surface area contributed by atoms with Crippen LogP contribution in [0.25, 0.3) is 0 Å². The van der Waals surface area contributed by atoms with Gasteiger partial charge in [0.2, 0.25) is 0 Å². The van der Waals surface area contributed by atoms with Crippen LogP contribution in [0.15, 0.2) is 12.4 Å². The first-order valence-electron chi connectivity index (χ1n) is 5.24. The molecule has 0 amide bonds. The van der Waals surface area contributed by atoms with E-state index in [1.54, 1.807) is 0 Å². The molecule has 13 heavy (non-hydrogen) atoms. The second kappa shape index (κ2) is 3.52. The van der Waals surface area contributed by atoms with Crippen LogP contribution in [-0.2, 0) is 7.05 Å². The van der Waals surface area contributed by atoms with Gasteiger partial charge in [-0.15, -0.1) is 0 Å². The normalized spacial score (nSPS) is 29.1. The highest BCUT2D eigenvalue weighted by atomic mass is 15.2. The van der Waals surface area contributed by atoms with Crippen molar-refractivity contribution in [3.8, 4) is 0 Å². The van der Waals surface area contributed by atoms with E-state index in [0.29, 0.717) is 0 Å². The number of hydrogen-bond donors (Lipinski definition) is 0. The predicted molar refractivity (Wildman–Crippen MR) is 53.6 cm³/mol. The third-order valence-corrected chi connectivity index (χ3v) is 3.21. The Morgan fingerprint density at radius 2 is 2.00 bits per heavy atom. The number of nitrogens with zero attached hydrogens (tertiary/aromatic N) is 2. The van der Waals surface area contributed by atoms with Crippen LogP contribution in [0, 0.1) is 5.92 Å². The van der Waals surface area contributed by atoms with E-state index in [1.807, 2.05) is 17.9 Å². The van der Waals surface area contributed by atoms with Gasteiger partial charge in [0.15, 0.2) is 0 Å². The minimum absolute atomic E-state index is 0.782. The Morgan fingerprint density at radius 1 is 1.31 bits per heavy atom. The van der Waals surface area contributed by atoms with Crippen molar-refractivity contribution in [1.29, 1.82) is 0 Å². The van der Waals surface area contributed by atoms with Gasteiger partial charge in [0, 0.05) is 13.2 Å². The summed E-state index contributed by atoms with van der Waals surface area (Å²) in [5.74, 6) is 1.72. The number of aromatic nitrogens is 2. The Balaban J connectivity index is 2.02. The first kappa shape index (κ1) is 8.79. The van der Waals surface area contributed by atoms with Gasteiger partial charge in [0.25, 0.3) is 0 Å². The summed E-state index contributed by atoms with van der Waals surface area (Å²) in [5.41, 5.74) is 1.44. The molecule has 0 spiro atoms. The molecule has 1 aromatic rings. The minimum atomic E-state index is 0.782. The van der Waals surface area contributed by atoms with Crippen LogP contribution < -0.4 is 0 Å². The summed E-state index contributed by atoms with van der Waals surface area (Å²) in [6.45, 7) is 2.36. The zero-order valence-electron chi connectivity index (χ0n) is 8.53. The number of rotatable bonds is 1. The van der Waals surface area contributed by atoms with Crippen LogP contribution in [0.5, 0.6) is 0 Å². The highest BCUT2D eigenvalue weighted by molar-refractivity contribution is 5.11. The molecule has 0 N–H and O–H groups in total. The summed E-state index contributed by atoms with van der Waals surface area (Å²) in [7, 11) is 1.99. The molecule has 72 valence electrons. The van der Waals surface area contributed by atoms with E-state index in [0.717, 1.165) is 11.8 Å². The van der Waals surface area contributed by atoms with Gasteiger partial charge in [-0.05, 0) is 30.2 Å². The molecule has 2 nitrogen and oxygen atoms in total. The molecular formula is C11H18N2. The molecule has 0 atom stereocenters. The fourth-order valence-corrected chi connectivity index (χ4v) is 2.24. The molecule has 0 aliphatic heterocycles. The molecule has 2 rings (SSSR count). The zero-order valence-corrected chi connectivity index (χ0v) is 8.53. The van der Waals surface area contributed by atoms with E-state index in [9.17, 15) is 0 Å². The maximum Gasteiger partial charge on any atom is 0.0524 e. The molecule has 1 fully saturated rings. The molecular weight excluding hydrogens is 160 g/mol.